The number of fused-ring (bicyclic) bond motifs is 8. The van der Waals surface area contributed by atoms with Crippen LogP contribution in [0, 0.1) is 0 Å². The Labute approximate surface area is 229 Å². The Hall–Kier alpha value is -5.48. The maximum atomic E-state index is 12.7. The summed E-state index contributed by atoms with van der Waals surface area (Å²) in [5, 5.41) is 3.65. The first-order valence-corrected chi connectivity index (χ1v) is 12.9. The van der Waals surface area contributed by atoms with Crippen LogP contribution in [0.5, 0.6) is 0 Å². The molecule has 0 radical (unpaired) electrons. The largest absolute Gasteiger partial charge is 0.289 e. The first kappa shape index (κ1) is 23.6. The molecule has 8 rings (SSSR count). The molecular weight excluding hydrogens is 496 g/mol. The van der Waals surface area contributed by atoms with E-state index in [4.69, 9.17) is 0 Å². The highest BCUT2D eigenvalue weighted by Crippen LogP contribution is 2.33. The number of carbonyl (C=O) groups is 4. The second kappa shape index (κ2) is 9.07. The zero-order valence-corrected chi connectivity index (χ0v) is 21.2. The van der Waals surface area contributed by atoms with Gasteiger partial charge in [0, 0.05) is 44.5 Å². The zero-order valence-electron chi connectivity index (χ0n) is 21.2. The van der Waals surface area contributed by atoms with Gasteiger partial charge in [-0.25, -0.2) is 0 Å². The lowest BCUT2D eigenvalue weighted by atomic mass is 9.82. The van der Waals surface area contributed by atoms with Gasteiger partial charge in [-0.1, -0.05) is 109 Å². The molecule has 0 atom stereocenters. The first-order chi connectivity index (χ1) is 19.5. The van der Waals surface area contributed by atoms with E-state index in [2.05, 4.69) is 0 Å². The second-order valence-electron chi connectivity index (χ2n) is 9.83. The normalized spacial score (nSPS) is 13.2. The summed E-state index contributed by atoms with van der Waals surface area (Å²) in [5.74, 6) is -0.263. The lowest BCUT2D eigenvalue weighted by Crippen LogP contribution is -2.21. The highest BCUT2D eigenvalue weighted by molar-refractivity contribution is 6.33. The van der Waals surface area contributed by atoms with E-state index in [0.29, 0.717) is 44.5 Å². The molecule has 0 amide bonds. The molecule has 4 nitrogen and oxygen atoms in total. The number of hydrogen-bond donors (Lipinski definition) is 0. The van der Waals surface area contributed by atoms with Gasteiger partial charge >= 0.3 is 0 Å². The third kappa shape index (κ3) is 3.47. The molecule has 0 saturated heterocycles. The molecule has 0 fully saturated rings. The molecule has 0 heterocycles. The quantitative estimate of drug-likeness (QED) is 0.213. The molecule has 2 aliphatic rings. The Morgan fingerprint density at radius 3 is 1.00 bits per heavy atom. The van der Waals surface area contributed by atoms with Crippen molar-refractivity contribution >= 4 is 44.7 Å². The Balaban J connectivity index is 0.000000132. The van der Waals surface area contributed by atoms with Gasteiger partial charge in [0.25, 0.3) is 0 Å². The van der Waals surface area contributed by atoms with Crippen molar-refractivity contribution in [3.63, 3.8) is 0 Å². The molecule has 188 valence electrons. The Bertz CT molecular complexity index is 1930. The van der Waals surface area contributed by atoms with E-state index in [0.717, 1.165) is 21.5 Å². The lowest BCUT2D eigenvalue weighted by Gasteiger charge is -2.18. The van der Waals surface area contributed by atoms with Crippen molar-refractivity contribution in [2.24, 2.45) is 0 Å². The van der Waals surface area contributed by atoms with Gasteiger partial charge in [-0.2, -0.15) is 0 Å². The van der Waals surface area contributed by atoms with Gasteiger partial charge in [0.1, 0.15) is 0 Å². The molecular formula is C36H20O4. The van der Waals surface area contributed by atoms with Gasteiger partial charge in [-0.05, 0) is 33.7 Å². The van der Waals surface area contributed by atoms with Gasteiger partial charge in [0.15, 0.2) is 23.1 Å². The summed E-state index contributed by atoms with van der Waals surface area (Å²) >= 11 is 0. The summed E-state index contributed by atoms with van der Waals surface area (Å²) in [6, 6.07) is 36.7. The molecule has 0 spiro atoms. The van der Waals surface area contributed by atoms with Crippen LogP contribution in [-0.2, 0) is 0 Å². The summed E-state index contributed by atoms with van der Waals surface area (Å²) in [4.78, 5) is 50.5. The molecule has 4 heteroatoms. The Morgan fingerprint density at radius 1 is 0.275 bits per heavy atom. The van der Waals surface area contributed by atoms with Crippen molar-refractivity contribution in [1.82, 2.24) is 0 Å². The minimum atomic E-state index is -0.0686. The van der Waals surface area contributed by atoms with E-state index < -0.39 is 0 Å². The van der Waals surface area contributed by atoms with Crippen LogP contribution >= 0.6 is 0 Å². The summed E-state index contributed by atoms with van der Waals surface area (Å²) in [6.07, 6.45) is 0. The average molecular weight is 517 g/mol. The summed E-state index contributed by atoms with van der Waals surface area (Å²) < 4.78 is 0. The summed E-state index contributed by atoms with van der Waals surface area (Å²) in [6.45, 7) is 0. The lowest BCUT2D eigenvalue weighted by molar-refractivity contribution is 0.0980. The van der Waals surface area contributed by atoms with Crippen molar-refractivity contribution in [2.45, 2.75) is 0 Å². The molecule has 0 aromatic heterocycles. The van der Waals surface area contributed by atoms with E-state index >= 15 is 0 Å². The molecule has 6 aromatic carbocycles. The van der Waals surface area contributed by atoms with Gasteiger partial charge in [0.05, 0.1) is 0 Å². The van der Waals surface area contributed by atoms with Crippen molar-refractivity contribution in [1.29, 1.82) is 0 Å². The number of carbonyl (C=O) groups excluding carboxylic acids is 4. The van der Waals surface area contributed by atoms with Crippen LogP contribution in [0.4, 0.5) is 0 Å². The molecule has 0 bridgehead atoms. The van der Waals surface area contributed by atoms with Crippen LogP contribution in [0.15, 0.2) is 121 Å². The maximum Gasteiger partial charge on any atom is 0.195 e. The van der Waals surface area contributed by atoms with E-state index in [1.54, 1.807) is 60.7 Å². The van der Waals surface area contributed by atoms with Crippen LogP contribution in [0.1, 0.15) is 63.7 Å². The smallest absolute Gasteiger partial charge is 0.195 e. The zero-order chi connectivity index (χ0) is 27.4. The second-order valence-corrected chi connectivity index (χ2v) is 9.83. The third-order valence-corrected chi connectivity index (χ3v) is 7.63. The van der Waals surface area contributed by atoms with E-state index in [-0.39, 0.29) is 23.1 Å². The number of hydrogen-bond acceptors (Lipinski definition) is 4. The van der Waals surface area contributed by atoms with Gasteiger partial charge in [-0.3, -0.25) is 19.2 Å². The van der Waals surface area contributed by atoms with Crippen LogP contribution in [0.2, 0.25) is 0 Å². The number of benzene rings is 6. The van der Waals surface area contributed by atoms with Crippen LogP contribution in [-0.4, -0.2) is 23.1 Å². The van der Waals surface area contributed by atoms with Crippen molar-refractivity contribution < 1.29 is 19.2 Å². The molecule has 0 N–H and O–H groups in total. The van der Waals surface area contributed by atoms with Crippen LogP contribution in [0.25, 0.3) is 21.5 Å². The van der Waals surface area contributed by atoms with Crippen LogP contribution < -0.4 is 0 Å². The molecule has 0 unspecified atom stereocenters. The van der Waals surface area contributed by atoms with Crippen molar-refractivity contribution in [2.75, 3.05) is 0 Å². The monoisotopic (exact) mass is 516 g/mol. The number of rotatable bonds is 0. The minimum absolute atomic E-state index is 0.0630. The van der Waals surface area contributed by atoms with E-state index in [1.807, 2.05) is 60.7 Å². The maximum absolute atomic E-state index is 12.7. The fourth-order valence-corrected chi connectivity index (χ4v) is 5.73. The number of ketones is 4. The molecule has 0 saturated carbocycles. The van der Waals surface area contributed by atoms with Gasteiger partial charge in [-0.15, -0.1) is 0 Å². The topological polar surface area (TPSA) is 68.3 Å². The Morgan fingerprint density at radius 2 is 0.600 bits per heavy atom. The Kier molecular flexibility index (Phi) is 5.36. The summed E-state index contributed by atoms with van der Waals surface area (Å²) in [5.41, 5.74) is 4.08. The SMILES string of the molecule is O=C1c2ccccc2C(=O)c2c1ccc1ccccc21.O=C1c2ccccc2C(=O)c2c1ccc1ccccc21. The highest BCUT2D eigenvalue weighted by Gasteiger charge is 2.31. The first-order valence-electron chi connectivity index (χ1n) is 12.9. The highest BCUT2D eigenvalue weighted by atomic mass is 16.1. The fraction of sp³-hybridized carbons (Fsp3) is 0. The predicted octanol–water partition coefficient (Wildman–Crippen LogP) is 7.23. The molecule has 0 aliphatic heterocycles. The molecule has 2 aliphatic carbocycles. The molecule has 40 heavy (non-hydrogen) atoms. The van der Waals surface area contributed by atoms with Crippen LogP contribution in [0.3, 0.4) is 0 Å². The van der Waals surface area contributed by atoms with Gasteiger partial charge < -0.3 is 0 Å². The average Bonchev–Trinajstić information content (AvgIpc) is 3.02. The van der Waals surface area contributed by atoms with Crippen molar-refractivity contribution in [3.8, 4) is 0 Å². The van der Waals surface area contributed by atoms with E-state index in [1.165, 1.54) is 0 Å². The molecule has 6 aromatic rings. The van der Waals surface area contributed by atoms with Crippen molar-refractivity contribution in [3.05, 3.63) is 166 Å². The van der Waals surface area contributed by atoms with E-state index in [9.17, 15) is 19.2 Å². The summed E-state index contributed by atoms with van der Waals surface area (Å²) in [7, 11) is 0. The van der Waals surface area contributed by atoms with Gasteiger partial charge in [0.2, 0.25) is 0 Å². The fourth-order valence-electron chi connectivity index (χ4n) is 5.73. The standard InChI is InChI=1S/2C18H10O2/c2*19-17-13-7-3-4-8-14(13)18(20)16-12-6-2-1-5-11(12)9-10-15(16)17/h2*1-10H. The third-order valence-electron chi connectivity index (χ3n) is 7.63. The predicted molar refractivity (Wildman–Crippen MR) is 155 cm³/mol. The minimum Gasteiger partial charge on any atom is -0.289 e.